The lowest BCUT2D eigenvalue weighted by atomic mass is 10.2. The molecule has 29 heavy (non-hydrogen) atoms. The summed E-state index contributed by atoms with van der Waals surface area (Å²) < 4.78 is 33.3. The van der Waals surface area contributed by atoms with Gasteiger partial charge in [0, 0.05) is 39.4 Å². The molecule has 1 fully saturated rings. The smallest absolute Gasteiger partial charge is 0.341 e. The standard InChI is InChI=1S/C18H19N5O5S/c1-21-12-15(11-20-21)18(25)28-13-17(24)22-6-8-23(9-7-22)29(26,27)16-5-3-2-4-14(16)10-19/h2-5,11-12H,6-9,13H2,1H3. The Morgan fingerprint density at radius 1 is 1.21 bits per heavy atom. The van der Waals surface area contributed by atoms with E-state index < -0.39 is 28.5 Å². The molecular weight excluding hydrogens is 398 g/mol. The highest BCUT2D eigenvalue weighted by atomic mass is 32.2. The van der Waals surface area contributed by atoms with E-state index in [1.165, 1.54) is 38.4 Å². The molecule has 1 aromatic heterocycles. The van der Waals surface area contributed by atoms with E-state index in [1.807, 2.05) is 6.07 Å². The van der Waals surface area contributed by atoms with Gasteiger partial charge in [-0.2, -0.15) is 14.7 Å². The third-order valence-corrected chi connectivity index (χ3v) is 6.44. The molecule has 0 aliphatic carbocycles. The molecule has 0 unspecified atom stereocenters. The number of carbonyl (C=O) groups excluding carboxylic acids is 2. The van der Waals surface area contributed by atoms with Crippen LogP contribution in [0.5, 0.6) is 0 Å². The Morgan fingerprint density at radius 3 is 2.52 bits per heavy atom. The summed E-state index contributed by atoms with van der Waals surface area (Å²) in [5, 5.41) is 13.0. The predicted molar refractivity (Wildman–Crippen MR) is 100.0 cm³/mol. The molecule has 1 aromatic carbocycles. The van der Waals surface area contributed by atoms with Crippen LogP contribution in [0.25, 0.3) is 0 Å². The summed E-state index contributed by atoms with van der Waals surface area (Å²) in [7, 11) is -2.18. The quantitative estimate of drug-likeness (QED) is 0.626. The summed E-state index contributed by atoms with van der Waals surface area (Å²) in [5.74, 6) is -1.06. The number of hydrogen-bond donors (Lipinski definition) is 0. The van der Waals surface area contributed by atoms with Crippen LogP contribution in [0.1, 0.15) is 15.9 Å². The zero-order chi connectivity index (χ0) is 21.0. The van der Waals surface area contributed by atoms with Crippen LogP contribution in [0.2, 0.25) is 0 Å². The van der Waals surface area contributed by atoms with Gasteiger partial charge in [0.2, 0.25) is 10.0 Å². The van der Waals surface area contributed by atoms with Gasteiger partial charge in [-0.15, -0.1) is 0 Å². The number of benzene rings is 1. The summed E-state index contributed by atoms with van der Waals surface area (Å²) in [5.41, 5.74) is 0.320. The Labute approximate surface area is 167 Å². The number of aromatic nitrogens is 2. The van der Waals surface area contributed by atoms with Crippen LogP contribution in [0, 0.1) is 11.3 Å². The van der Waals surface area contributed by atoms with Crippen molar-refractivity contribution in [2.24, 2.45) is 7.05 Å². The van der Waals surface area contributed by atoms with Crippen LogP contribution >= 0.6 is 0 Å². The molecule has 152 valence electrons. The summed E-state index contributed by atoms with van der Waals surface area (Å²) >= 11 is 0. The van der Waals surface area contributed by atoms with Crippen LogP contribution in [-0.2, 0) is 26.6 Å². The normalized spacial score (nSPS) is 15.0. The molecule has 0 N–H and O–H groups in total. The highest BCUT2D eigenvalue weighted by molar-refractivity contribution is 7.89. The largest absolute Gasteiger partial charge is 0.452 e. The predicted octanol–water partition coefficient (Wildman–Crippen LogP) is -0.0183. The molecule has 10 nitrogen and oxygen atoms in total. The van der Waals surface area contributed by atoms with Gasteiger partial charge < -0.3 is 9.64 Å². The first-order valence-corrected chi connectivity index (χ1v) is 10.2. The molecular formula is C18H19N5O5S. The van der Waals surface area contributed by atoms with E-state index >= 15 is 0 Å². The third-order valence-electron chi connectivity index (χ3n) is 4.48. The zero-order valence-corrected chi connectivity index (χ0v) is 16.5. The van der Waals surface area contributed by atoms with Gasteiger partial charge in [-0.25, -0.2) is 13.2 Å². The lowest BCUT2D eigenvalue weighted by Gasteiger charge is -2.34. The van der Waals surface area contributed by atoms with Crippen molar-refractivity contribution in [2.75, 3.05) is 32.8 Å². The number of amides is 1. The Bertz CT molecular complexity index is 1060. The first kappa shape index (κ1) is 20.5. The third kappa shape index (κ3) is 4.44. The molecule has 11 heteroatoms. The average Bonchev–Trinajstić information content (AvgIpc) is 3.18. The maximum absolute atomic E-state index is 12.8. The minimum Gasteiger partial charge on any atom is -0.452 e. The van der Waals surface area contributed by atoms with Crippen molar-refractivity contribution < 1.29 is 22.7 Å². The molecule has 1 saturated heterocycles. The number of aryl methyl sites for hydroxylation is 1. The Kier molecular flexibility index (Phi) is 5.95. The maximum atomic E-state index is 12.8. The van der Waals surface area contributed by atoms with E-state index in [-0.39, 0.29) is 42.2 Å². The maximum Gasteiger partial charge on any atom is 0.341 e. The van der Waals surface area contributed by atoms with Gasteiger partial charge in [-0.05, 0) is 12.1 Å². The fourth-order valence-corrected chi connectivity index (χ4v) is 4.49. The van der Waals surface area contributed by atoms with Crippen LogP contribution < -0.4 is 0 Å². The van der Waals surface area contributed by atoms with Gasteiger partial charge in [0.25, 0.3) is 5.91 Å². The summed E-state index contributed by atoms with van der Waals surface area (Å²) in [4.78, 5) is 25.6. The van der Waals surface area contributed by atoms with E-state index in [1.54, 1.807) is 19.2 Å². The van der Waals surface area contributed by atoms with Crippen LogP contribution in [0.4, 0.5) is 0 Å². The number of nitrogens with zero attached hydrogens (tertiary/aromatic N) is 5. The van der Waals surface area contributed by atoms with Crippen molar-refractivity contribution in [3.05, 3.63) is 47.8 Å². The molecule has 0 radical (unpaired) electrons. The van der Waals surface area contributed by atoms with E-state index in [9.17, 15) is 18.0 Å². The molecule has 2 aromatic rings. The van der Waals surface area contributed by atoms with Crippen molar-refractivity contribution >= 4 is 21.9 Å². The highest BCUT2D eigenvalue weighted by Gasteiger charge is 2.31. The number of piperazine rings is 1. The average molecular weight is 417 g/mol. The molecule has 0 spiro atoms. The number of esters is 1. The van der Waals surface area contributed by atoms with Gasteiger partial charge in [0.05, 0.1) is 22.2 Å². The monoisotopic (exact) mass is 417 g/mol. The molecule has 0 saturated carbocycles. The first-order chi connectivity index (χ1) is 13.8. The van der Waals surface area contributed by atoms with E-state index in [0.717, 1.165) is 0 Å². The van der Waals surface area contributed by atoms with Crippen LogP contribution in [-0.4, -0.2) is 72.1 Å². The number of ether oxygens (including phenoxy) is 1. The highest BCUT2D eigenvalue weighted by Crippen LogP contribution is 2.21. The molecule has 1 aliphatic rings. The van der Waals surface area contributed by atoms with Crippen molar-refractivity contribution in [3.8, 4) is 6.07 Å². The van der Waals surface area contributed by atoms with Crippen molar-refractivity contribution in [1.29, 1.82) is 5.26 Å². The SMILES string of the molecule is Cn1cc(C(=O)OCC(=O)N2CCN(S(=O)(=O)c3ccccc3C#N)CC2)cn1. The second kappa shape index (κ2) is 8.42. The molecule has 0 atom stereocenters. The Balaban J connectivity index is 1.56. The molecule has 1 amide bonds. The lowest BCUT2D eigenvalue weighted by Crippen LogP contribution is -2.51. The van der Waals surface area contributed by atoms with Gasteiger partial charge >= 0.3 is 5.97 Å². The van der Waals surface area contributed by atoms with E-state index in [2.05, 4.69) is 5.10 Å². The van der Waals surface area contributed by atoms with Crippen molar-refractivity contribution in [2.45, 2.75) is 4.90 Å². The van der Waals surface area contributed by atoms with Crippen molar-refractivity contribution in [3.63, 3.8) is 0 Å². The topological polar surface area (TPSA) is 126 Å². The molecule has 1 aliphatic heterocycles. The van der Waals surface area contributed by atoms with E-state index in [0.29, 0.717) is 0 Å². The van der Waals surface area contributed by atoms with Crippen molar-refractivity contribution in [1.82, 2.24) is 19.0 Å². The fraction of sp³-hybridized carbons (Fsp3) is 0.333. The lowest BCUT2D eigenvalue weighted by molar-refractivity contribution is -0.135. The second-order valence-electron chi connectivity index (χ2n) is 6.37. The summed E-state index contributed by atoms with van der Waals surface area (Å²) in [6, 6.07) is 7.88. The van der Waals surface area contributed by atoms with E-state index in [4.69, 9.17) is 10.00 Å². The molecule has 0 bridgehead atoms. The number of nitriles is 1. The zero-order valence-electron chi connectivity index (χ0n) is 15.7. The minimum atomic E-state index is -3.84. The number of sulfonamides is 1. The summed E-state index contributed by atoms with van der Waals surface area (Å²) in [6.07, 6.45) is 2.82. The number of rotatable bonds is 5. The molecule has 2 heterocycles. The molecule has 3 rings (SSSR count). The van der Waals surface area contributed by atoms with Crippen LogP contribution in [0.3, 0.4) is 0 Å². The van der Waals surface area contributed by atoms with Gasteiger partial charge in [-0.1, -0.05) is 12.1 Å². The van der Waals surface area contributed by atoms with Crippen LogP contribution in [0.15, 0.2) is 41.6 Å². The van der Waals surface area contributed by atoms with Gasteiger partial charge in [0.1, 0.15) is 6.07 Å². The minimum absolute atomic E-state index is 0.0484. The van der Waals surface area contributed by atoms with Gasteiger partial charge in [-0.3, -0.25) is 9.48 Å². The Morgan fingerprint density at radius 2 is 1.90 bits per heavy atom. The second-order valence-corrected chi connectivity index (χ2v) is 8.28. The van der Waals surface area contributed by atoms with Gasteiger partial charge in [0.15, 0.2) is 6.61 Å². The Hall–Kier alpha value is -3.23. The number of carbonyl (C=O) groups is 2. The first-order valence-electron chi connectivity index (χ1n) is 8.76. The fourth-order valence-electron chi connectivity index (χ4n) is 2.93. The summed E-state index contributed by atoms with van der Waals surface area (Å²) in [6.45, 7) is 0.0704. The number of hydrogen-bond acceptors (Lipinski definition) is 7.